The van der Waals surface area contributed by atoms with Gasteiger partial charge in [0.15, 0.2) is 0 Å². The van der Waals surface area contributed by atoms with Gasteiger partial charge in [0.2, 0.25) is 0 Å². The Morgan fingerprint density at radius 2 is 0.500 bits per heavy atom. The predicted molar refractivity (Wildman–Crippen MR) is 23.0 cm³/mol. The zero-order valence-corrected chi connectivity index (χ0v) is 10.9. The predicted octanol–water partition coefficient (Wildman–Crippen LogP) is -1.52. The van der Waals surface area contributed by atoms with Crippen molar-refractivity contribution in [2.75, 3.05) is 0 Å². The molecule has 4 heteroatoms. The minimum absolute atomic E-state index is 0. The van der Waals surface area contributed by atoms with Crippen LogP contribution in [-0.4, -0.2) is 136 Å². The smallest absolute Gasteiger partial charge is 0 e. The zero-order valence-electron chi connectivity index (χ0n) is 2.83. The zero-order chi connectivity index (χ0) is 0. The first-order valence-corrected chi connectivity index (χ1v) is 0. The third-order valence-corrected chi connectivity index (χ3v) is 0. The summed E-state index contributed by atoms with van der Waals surface area (Å²) in [5, 5.41) is 0. The molecule has 8 radical (unpaired) electrons. The second-order valence-electron chi connectivity index (χ2n) is 0. The third-order valence-electron chi connectivity index (χ3n) is 0. The van der Waals surface area contributed by atoms with Gasteiger partial charge in [-0.05, 0) is 0 Å². The van der Waals surface area contributed by atoms with Crippen molar-refractivity contribution in [3.8, 4) is 0 Å². The molecule has 0 aliphatic rings. The summed E-state index contributed by atoms with van der Waals surface area (Å²) in [4.78, 5) is 0. The van der Waals surface area contributed by atoms with E-state index in [2.05, 4.69) is 0 Å². The van der Waals surface area contributed by atoms with Crippen molar-refractivity contribution in [3.05, 3.63) is 0 Å². The monoisotopic (exact) mass is 144 g/mol. The van der Waals surface area contributed by atoms with Gasteiger partial charge in [-0.1, -0.05) is 0 Å². The summed E-state index contributed by atoms with van der Waals surface area (Å²) >= 11 is 0. The van der Waals surface area contributed by atoms with Crippen LogP contribution in [0.3, 0.4) is 0 Å². The molecule has 0 atom stereocenters. The van der Waals surface area contributed by atoms with Crippen molar-refractivity contribution in [3.63, 3.8) is 0 Å². The van der Waals surface area contributed by atoms with E-state index in [4.69, 9.17) is 0 Å². The molecule has 0 aromatic carbocycles. The van der Waals surface area contributed by atoms with E-state index in [0.29, 0.717) is 0 Å². The van der Waals surface area contributed by atoms with Crippen LogP contribution in [0, 0.1) is 0 Å². The molecule has 0 heterocycles. The van der Waals surface area contributed by atoms with Crippen molar-refractivity contribution in [1.82, 2.24) is 0 Å². The van der Waals surface area contributed by atoms with Crippen LogP contribution in [0.5, 0.6) is 0 Å². The molecule has 8 valence electrons. The van der Waals surface area contributed by atoms with Crippen LogP contribution in [0.1, 0.15) is 0 Å². The van der Waals surface area contributed by atoms with Crippen molar-refractivity contribution >= 4 is 136 Å². The van der Waals surface area contributed by atoms with E-state index >= 15 is 0 Å². The Morgan fingerprint density at radius 3 is 0.500 bits per heavy atom. The molecule has 0 amide bonds. The molecule has 0 rings (SSSR count). The van der Waals surface area contributed by atoms with Gasteiger partial charge in [-0.15, -0.1) is 0 Å². The quantitative estimate of drug-likeness (QED) is 0.362. The summed E-state index contributed by atoms with van der Waals surface area (Å²) in [6.45, 7) is 0. The third kappa shape index (κ3) is 9.74. The Hall–Kier alpha value is 4.55. The average molecular weight is 145 g/mol. The average Bonchev–Trinajstić information content (AvgIpc) is 0. The van der Waals surface area contributed by atoms with Gasteiger partial charge in [-0.2, -0.15) is 0 Å². The van der Waals surface area contributed by atoms with Gasteiger partial charge in [0.25, 0.3) is 0 Å². The van der Waals surface area contributed by atoms with Crippen molar-refractivity contribution in [2.45, 2.75) is 0 Å². The van der Waals surface area contributed by atoms with Crippen molar-refractivity contribution < 1.29 is 0 Å². The van der Waals surface area contributed by atoms with Crippen LogP contribution in [0.15, 0.2) is 0 Å². The van der Waals surface area contributed by atoms with E-state index in [9.17, 15) is 0 Å². The molecule has 0 aromatic heterocycles. The van der Waals surface area contributed by atoms with Crippen LogP contribution < -0.4 is 0 Å². The molecule has 0 spiro atoms. The van der Waals surface area contributed by atoms with E-state index in [0.717, 1.165) is 0 Å². The molecule has 0 N–H and O–H groups in total. The molecule has 0 bridgehead atoms. The Kier molecular flexibility index (Phi) is 92.1. The molecule has 0 saturated carbocycles. The fourth-order valence-electron chi connectivity index (χ4n) is 0. The van der Waals surface area contributed by atoms with Crippen molar-refractivity contribution in [2.24, 2.45) is 0 Å². The minimum atomic E-state index is 0. The molecule has 0 nitrogen and oxygen atoms in total. The maximum atomic E-state index is 0. The Balaban J connectivity index is 0. The van der Waals surface area contributed by atoms with Gasteiger partial charge in [0.1, 0.15) is 0 Å². The number of hydrogen-bond donors (Lipinski definition) is 0. The Morgan fingerprint density at radius 1 is 0.500 bits per heavy atom. The summed E-state index contributed by atoms with van der Waals surface area (Å²) in [5.41, 5.74) is 0. The molecule has 0 aliphatic carbocycles. The van der Waals surface area contributed by atoms with Crippen LogP contribution in [-0.2, 0) is 0 Å². The normalized spacial score (nSPS) is 0. The first-order chi connectivity index (χ1) is 0. The molecule has 0 saturated heterocycles. The molecule has 4 heavy (non-hydrogen) atoms. The first-order valence-electron chi connectivity index (χ1n) is 0. The van der Waals surface area contributed by atoms with E-state index in [1.807, 2.05) is 0 Å². The molecule has 0 fully saturated rings. The van der Waals surface area contributed by atoms with Crippen LogP contribution in [0.4, 0.5) is 0 Å². The summed E-state index contributed by atoms with van der Waals surface area (Å²) in [6.07, 6.45) is 0. The van der Waals surface area contributed by atoms with Gasteiger partial charge < -0.3 is 0 Å². The molecule has 0 aliphatic heterocycles. The van der Waals surface area contributed by atoms with Gasteiger partial charge in [0.05, 0.1) is 0 Å². The maximum Gasteiger partial charge on any atom is 0 e. The fourth-order valence-corrected chi connectivity index (χ4v) is 0. The number of hydrogen-bond acceptors (Lipinski definition) is 0. The van der Waals surface area contributed by atoms with E-state index in [1.54, 1.807) is 0 Å². The standard InChI is InChI=1S/3Ca.Mg. The van der Waals surface area contributed by atoms with Crippen LogP contribution in [0.25, 0.3) is 0 Å². The largest absolute Gasteiger partial charge is 0 e. The van der Waals surface area contributed by atoms with Gasteiger partial charge in [-0.25, -0.2) is 0 Å². The topological polar surface area (TPSA) is 0 Å². The Labute approximate surface area is 132 Å². The second-order valence-corrected chi connectivity index (χ2v) is 0. The van der Waals surface area contributed by atoms with Crippen molar-refractivity contribution in [1.29, 1.82) is 0 Å². The van der Waals surface area contributed by atoms with Gasteiger partial charge in [-0.3, -0.25) is 0 Å². The summed E-state index contributed by atoms with van der Waals surface area (Å²) in [7, 11) is 0. The van der Waals surface area contributed by atoms with Gasteiger partial charge >= 0.3 is 0 Å². The molecular weight excluding hydrogens is 145 g/mol. The van der Waals surface area contributed by atoms with E-state index < -0.39 is 0 Å². The van der Waals surface area contributed by atoms with E-state index in [1.165, 1.54) is 0 Å². The molecule has 0 aromatic rings. The van der Waals surface area contributed by atoms with E-state index in [-0.39, 0.29) is 136 Å². The Bertz CT molecular complexity index is 3.25. The molecular formula is Ca3Mg. The summed E-state index contributed by atoms with van der Waals surface area (Å²) in [5.74, 6) is 0. The van der Waals surface area contributed by atoms with Crippen LogP contribution >= 0.6 is 0 Å². The minimum Gasteiger partial charge on any atom is 0 e. The number of rotatable bonds is 0. The summed E-state index contributed by atoms with van der Waals surface area (Å²) in [6, 6.07) is 0. The first kappa shape index (κ1) is 23.5. The van der Waals surface area contributed by atoms with Gasteiger partial charge in [0, 0.05) is 136 Å². The SMILES string of the molecule is [Ca].[Ca].[Ca].[Mg]. The molecule has 0 unspecified atom stereocenters. The van der Waals surface area contributed by atoms with Crippen LogP contribution in [0.2, 0.25) is 0 Å². The second kappa shape index (κ2) is 15.6. The fraction of sp³-hybridized carbons (Fsp3) is 0. The maximum absolute atomic E-state index is 0. The summed E-state index contributed by atoms with van der Waals surface area (Å²) < 4.78 is 0.